The SMILES string of the molecule is CCCCCSc1ccccc1[O]. The van der Waals surface area contributed by atoms with Crippen LogP contribution in [-0.4, -0.2) is 5.75 Å². The maximum atomic E-state index is 11.3. The highest BCUT2D eigenvalue weighted by Crippen LogP contribution is 2.28. The van der Waals surface area contributed by atoms with Gasteiger partial charge in [-0.15, -0.1) is 11.8 Å². The number of para-hydroxylation sites is 1. The Hall–Kier alpha value is -0.630. The van der Waals surface area contributed by atoms with Gasteiger partial charge in [0.05, 0.1) is 4.90 Å². The third-order valence-corrected chi connectivity index (χ3v) is 3.00. The third kappa shape index (κ3) is 3.73. The van der Waals surface area contributed by atoms with E-state index in [1.54, 1.807) is 23.9 Å². The fourth-order valence-corrected chi connectivity index (χ4v) is 2.06. The molecule has 0 saturated heterocycles. The standard InChI is InChI=1S/C11H15OS/c1-2-3-6-9-13-11-8-5-4-7-10(11)12/h4-5,7-8H,2-3,6,9H2,1H3. The Kier molecular flexibility index (Phi) is 4.76. The summed E-state index contributed by atoms with van der Waals surface area (Å²) in [5.41, 5.74) is 0. The minimum Gasteiger partial charge on any atom is -0.289 e. The van der Waals surface area contributed by atoms with Gasteiger partial charge in [-0.2, -0.15) is 0 Å². The lowest BCUT2D eigenvalue weighted by Crippen LogP contribution is -1.79. The van der Waals surface area contributed by atoms with E-state index in [1.807, 2.05) is 12.1 Å². The van der Waals surface area contributed by atoms with Gasteiger partial charge in [0, 0.05) is 0 Å². The molecule has 0 aliphatic carbocycles. The summed E-state index contributed by atoms with van der Waals surface area (Å²) in [6.45, 7) is 2.19. The molecule has 1 radical (unpaired) electrons. The second-order valence-electron chi connectivity index (χ2n) is 3.00. The zero-order chi connectivity index (χ0) is 9.52. The zero-order valence-electron chi connectivity index (χ0n) is 7.95. The number of benzene rings is 1. The highest BCUT2D eigenvalue weighted by atomic mass is 32.2. The van der Waals surface area contributed by atoms with E-state index in [4.69, 9.17) is 0 Å². The highest BCUT2D eigenvalue weighted by Gasteiger charge is 2.00. The molecule has 2 heteroatoms. The molecule has 0 aromatic heterocycles. The Morgan fingerprint density at radius 2 is 2.00 bits per heavy atom. The summed E-state index contributed by atoms with van der Waals surface area (Å²) in [4.78, 5) is 0.888. The van der Waals surface area contributed by atoms with E-state index in [1.165, 1.54) is 19.3 Å². The fraction of sp³-hybridized carbons (Fsp3) is 0.455. The first-order valence-electron chi connectivity index (χ1n) is 4.73. The summed E-state index contributed by atoms with van der Waals surface area (Å²) in [7, 11) is 0. The Labute approximate surface area is 84.2 Å². The second kappa shape index (κ2) is 5.92. The van der Waals surface area contributed by atoms with Crippen molar-refractivity contribution in [1.29, 1.82) is 0 Å². The Morgan fingerprint density at radius 3 is 2.69 bits per heavy atom. The molecule has 1 nitrogen and oxygen atoms in total. The lowest BCUT2D eigenvalue weighted by Gasteiger charge is -2.00. The van der Waals surface area contributed by atoms with E-state index in [0.717, 1.165) is 10.6 Å². The highest BCUT2D eigenvalue weighted by molar-refractivity contribution is 7.99. The first-order valence-corrected chi connectivity index (χ1v) is 5.72. The van der Waals surface area contributed by atoms with E-state index in [9.17, 15) is 5.11 Å². The summed E-state index contributed by atoms with van der Waals surface area (Å²) in [6.07, 6.45) is 3.70. The van der Waals surface area contributed by atoms with Crippen molar-refractivity contribution >= 4 is 11.8 Å². The minimum atomic E-state index is 0.156. The summed E-state index contributed by atoms with van der Waals surface area (Å²) >= 11 is 1.67. The van der Waals surface area contributed by atoms with Crippen molar-refractivity contribution in [3.05, 3.63) is 24.3 Å². The molecule has 0 atom stereocenters. The van der Waals surface area contributed by atoms with Crippen LogP contribution in [0.4, 0.5) is 0 Å². The number of thioether (sulfide) groups is 1. The first-order chi connectivity index (χ1) is 6.34. The van der Waals surface area contributed by atoms with E-state index in [-0.39, 0.29) is 5.75 Å². The molecular weight excluding hydrogens is 180 g/mol. The maximum absolute atomic E-state index is 11.3. The van der Waals surface area contributed by atoms with Gasteiger partial charge in [0.1, 0.15) is 0 Å². The zero-order valence-corrected chi connectivity index (χ0v) is 8.77. The van der Waals surface area contributed by atoms with Crippen molar-refractivity contribution in [1.82, 2.24) is 0 Å². The van der Waals surface area contributed by atoms with Gasteiger partial charge in [0.15, 0.2) is 5.75 Å². The summed E-state index contributed by atoms with van der Waals surface area (Å²) in [5.74, 6) is 1.22. The molecule has 71 valence electrons. The number of rotatable bonds is 5. The largest absolute Gasteiger partial charge is 0.289 e. The Morgan fingerprint density at radius 1 is 1.23 bits per heavy atom. The van der Waals surface area contributed by atoms with Crippen molar-refractivity contribution in [2.75, 3.05) is 5.75 Å². The van der Waals surface area contributed by atoms with Crippen LogP contribution in [0.2, 0.25) is 0 Å². The maximum Gasteiger partial charge on any atom is 0.192 e. The quantitative estimate of drug-likeness (QED) is 0.511. The molecule has 0 aliphatic heterocycles. The first kappa shape index (κ1) is 10.5. The fourth-order valence-electron chi connectivity index (χ4n) is 1.10. The molecule has 0 bridgehead atoms. The van der Waals surface area contributed by atoms with Gasteiger partial charge < -0.3 is 0 Å². The summed E-state index contributed by atoms with van der Waals surface area (Å²) in [5, 5.41) is 11.3. The molecule has 13 heavy (non-hydrogen) atoms. The van der Waals surface area contributed by atoms with Crippen molar-refractivity contribution in [3.8, 4) is 5.75 Å². The van der Waals surface area contributed by atoms with Crippen LogP contribution < -0.4 is 0 Å². The number of hydrogen-bond acceptors (Lipinski definition) is 1. The average Bonchev–Trinajstić information content (AvgIpc) is 2.15. The van der Waals surface area contributed by atoms with Gasteiger partial charge >= 0.3 is 0 Å². The van der Waals surface area contributed by atoms with Crippen LogP contribution in [0.5, 0.6) is 5.75 Å². The van der Waals surface area contributed by atoms with E-state index in [2.05, 4.69) is 6.92 Å². The molecule has 0 unspecified atom stereocenters. The van der Waals surface area contributed by atoms with Crippen LogP contribution in [0.3, 0.4) is 0 Å². The Balaban J connectivity index is 2.32. The molecule has 0 N–H and O–H groups in total. The van der Waals surface area contributed by atoms with Gasteiger partial charge in [-0.3, -0.25) is 5.11 Å². The second-order valence-corrected chi connectivity index (χ2v) is 4.14. The van der Waals surface area contributed by atoms with Gasteiger partial charge in [-0.05, 0) is 24.3 Å². The molecule has 0 aliphatic rings. The van der Waals surface area contributed by atoms with Crippen molar-refractivity contribution in [2.24, 2.45) is 0 Å². The predicted molar refractivity (Wildman–Crippen MR) is 56.8 cm³/mol. The van der Waals surface area contributed by atoms with Crippen LogP contribution in [0.25, 0.3) is 0 Å². The van der Waals surface area contributed by atoms with Crippen molar-refractivity contribution in [2.45, 2.75) is 31.1 Å². The van der Waals surface area contributed by atoms with Crippen LogP contribution in [0.1, 0.15) is 26.2 Å². The van der Waals surface area contributed by atoms with E-state index < -0.39 is 0 Å². The van der Waals surface area contributed by atoms with Crippen LogP contribution in [0.15, 0.2) is 29.2 Å². The molecule has 1 rings (SSSR count). The van der Waals surface area contributed by atoms with Crippen molar-refractivity contribution in [3.63, 3.8) is 0 Å². The van der Waals surface area contributed by atoms with Crippen LogP contribution in [-0.2, 0) is 5.11 Å². The predicted octanol–water partition coefficient (Wildman–Crippen LogP) is 4.11. The van der Waals surface area contributed by atoms with Gasteiger partial charge in [0.2, 0.25) is 0 Å². The molecule has 1 aromatic rings. The molecule has 0 spiro atoms. The topological polar surface area (TPSA) is 19.9 Å². The van der Waals surface area contributed by atoms with Crippen molar-refractivity contribution < 1.29 is 5.11 Å². The van der Waals surface area contributed by atoms with E-state index >= 15 is 0 Å². The minimum absolute atomic E-state index is 0.156. The molecule has 1 aromatic carbocycles. The molecular formula is C11H15OS. The third-order valence-electron chi connectivity index (χ3n) is 1.85. The normalized spacial score (nSPS) is 10.2. The smallest absolute Gasteiger partial charge is 0.192 e. The van der Waals surface area contributed by atoms with Gasteiger partial charge in [-0.1, -0.05) is 31.9 Å². The summed E-state index contributed by atoms with van der Waals surface area (Å²) < 4.78 is 0. The van der Waals surface area contributed by atoms with E-state index in [0.29, 0.717) is 0 Å². The monoisotopic (exact) mass is 195 g/mol. The van der Waals surface area contributed by atoms with Crippen LogP contribution >= 0.6 is 11.8 Å². The lowest BCUT2D eigenvalue weighted by atomic mass is 10.3. The average molecular weight is 195 g/mol. The molecule has 0 fully saturated rings. The summed E-state index contributed by atoms with van der Waals surface area (Å²) in [6, 6.07) is 7.24. The Bertz CT molecular complexity index is 248. The number of unbranched alkanes of at least 4 members (excludes halogenated alkanes) is 2. The number of hydrogen-bond donors (Lipinski definition) is 0. The molecule has 0 saturated carbocycles. The van der Waals surface area contributed by atoms with Gasteiger partial charge in [-0.25, -0.2) is 0 Å². The molecule has 0 amide bonds. The molecule has 0 heterocycles. The lowest BCUT2D eigenvalue weighted by molar-refractivity contribution is 0.344. The van der Waals surface area contributed by atoms with Gasteiger partial charge in [0.25, 0.3) is 0 Å². The van der Waals surface area contributed by atoms with Crippen LogP contribution in [0, 0.1) is 0 Å².